The maximum atomic E-state index is 5.57. The second kappa shape index (κ2) is 11.7. The second-order valence-electron chi connectivity index (χ2n) is 7.88. The van der Waals surface area contributed by atoms with Crippen LogP contribution < -0.4 is 10.6 Å². The minimum Gasteiger partial charge on any atom is -0.385 e. The third kappa shape index (κ3) is 6.49. The van der Waals surface area contributed by atoms with Crippen LogP contribution in [-0.4, -0.2) is 77.1 Å². The van der Waals surface area contributed by atoms with Gasteiger partial charge in [-0.1, -0.05) is 6.42 Å². The number of aliphatic imine (C=N–C) groups is 1. The summed E-state index contributed by atoms with van der Waals surface area (Å²) in [6.07, 6.45) is 7.11. The number of rotatable bonds is 9. The van der Waals surface area contributed by atoms with Gasteiger partial charge in [-0.2, -0.15) is 0 Å². The van der Waals surface area contributed by atoms with Crippen LogP contribution in [0.25, 0.3) is 0 Å². The Balaban J connectivity index is 0.00000338. The van der Waals surface area contributed by atoms with E-state index >= 15 is 0 Å². The maximum absolute atomic E-state index is 5.57. The van der Waals surface area contributed by atoms with Crippen LogP contribution in [0.2, 0.25) is 0 Å². The van der Waals surface area contributed by atoms with Crippen LogP contribution >= 0.6 is 24.0 Å². The number of likely N-dealkylation sites (N-methyl/N-ethyl adjacent to an activating group) is 1. The summed E-state index contributed by atoms with van der Waals surface area (Å²) in [4.78, 5) is 7.27. The summed E-state index contributed by atoms with van der Waals surface area (Å²) in [6, 6.07) is 0. The van der Waals surface area contributed by atoms with Crippen LogP contribution in [0.3, 0.4) is 0 Å². The molecule has 0 amide bonds. The molecule has 2 aliphatic rings. The third-order valence-electron chi connectivity index (χ3n) is 6.12. The Hall–Kier alpha value is -0.120. The Bertz CT molecular complexity index is 422. The van der Waals surface area contributed by atoms with Crippen molar-refractivity contribution in [1.29, 1.82) is 0 Å². The van der Waals surface area contributed by atoms with Crippen molar-refractivity contribution >= 4 is 29.9 Å². The summed E-state index contributed by atoms with van der Waals surface area (Å²) in [6.45, 7) is 7.32. The highest BCUT2D eigenvalue weighted by atomic mass is 127. The molecule has 0 radical (unpaired) electrons. The van der Waals surface area contributed by atoms with Crippen LogP contribution in [0.15, 0.2) is 4.99 Å². The number of nitrogens with zero attached hydrogens (tertiary/aromatic N) is 2. The van der Waals surface area contributed by atoms with Crippen molar-refractivity contribution in [1.82, 2.24) is 15.5 Å². The van der Waals surface area contributed by atoms with Crippen LogP contribution in [0.4, 0.5) is 0 Å². The molecule has 2 fully saturated rings. The first-order valence-electron chi connectivity index (χ1n) is 9.82. The normalized spacial score (nSPS) is 21.7. The molecule has 0 spiro atoms. The standard InChI is InChI=1S/C19H38N4O2.HI/c1-5-20-17(21-15-18(7-6-8-18)9-12-24-4)22-16-19(23(2)3)10-13-25-14-11-19;/h5-16H2,1-4H3,(H2,20,21,22);1H. The predicted octanol–water partition coefficient (Wildman–Crippen LogP) is 2.48. The first kappa shape index (κ1) is 23.9. The van der Waals surface area contributed by atoms with Gasteiger partial charge in [-0.15, -0.1) is 24.0 Å². The Labute approximate surface area is 176 Å². The van der Waals surface area contributed by atoms with Gasteiger partial charge >= 0.3 is 0 Å². The zero-order valence-electron chi connectivity index (χ0n) is 17.1. The van der Waals surface area contributed by atoms with E-state index in [9.17, 15) is 0 Å². The Morgan fingerprint density at radius 2 is 1.85 bits per heavy atom. The van der Waals surface area contributed by atoms with Crippen LogP contribution in [-0.2, 0) is 9.47 Å². The zero-order chi connectivity index (χ0) is 18.2. The average Bonchev–Trinajstić information content (AvgIpc) is 2.59. The van der Waals surface area contributed by atoms with Gasteiger partial charge in [-0.05, 0) is 58.5 Å². The first-order valence-corrected chi connectivity index (χ1v) is 9.82. The second-order valence-corrected chi connectivity index (χ2v) is 7.88. The lowest BCUT2D eigenvalue weighted by Gasteiger charge is -2.43. The Morgan fingerprint density at radius 3 is 2.35 bits per heavy atom. The summed E-state index contributed by atoms with van der Waals surface area (Å²) in [7, 11) is 6.13. The summed E-state index contributed by atoms with van der Waals surface area (Å²) >= 11 is 0. The van der Waals surface area contributed by atoms with E-state index in [0.717, 1.165) is 64.7 Å². The van der Waals surface area contributed by atoms with E-state index in [-0.39, 0.29) is 29.5 Å². The number of ether oxygens (including phenoxy) is 2. The van der Waals surface area contributed by atoms with Gasteiger partial charge in [0.05, 0.1) is 0 Å². The fourth-order valence-corrected chi connectivity index (χ4v) is 3.85. The SMILES string of the molecule is CCNC(=NCC1(CCOC)CCC1)NCC1(N(C)C)CCOCC1.I. The average molecular weight is 482 g/mol. The molecular formula is C19H39IN4O2. The summed E-state index contributed by atoms with van der Waals surface area (Å²) in [5.74, 6) is 0.943. The number of nitrogens with one attached hydrogen (secondary N) is 2. The van der Waals surface area contributed by atoms with Crippen molar-refractivity contribution in [2.24, 2.45) is 10.4 Å². The Kier molecular flexibility index (Phi) is 10.7. The minimum absolute atomic E-state index is 0. The molecule has 1 aliphatic heterocycles. The third-order valence-corrected chi connectivity index (χ3v) is 6.12. The van der Waals surface area contributed by atoms with Crippen molar-refractivity contribution in [3.05, 3.63) is 0 Å². The molecule has 0 atom stereocenters. The molecular weight excluding hydrogens is 443 g/mol. The van der Waals surface area contributed by atoms with Gasteiger partial charge in [0.1, 0.15) is 0 Å². The van der Waals surface area contributed by atoms with E-state index in [0.29, 0.717) is 5.41 Å². The molecule has 1 saturated heterocycles. The highest BCUT2D eigenvalue weighted by Gasteiger charge is 2.37. The zero-order valence-corrected chi connectivity index (χ0v) is 19.4. The molecule has 0 aromatic rings. The molecule has 1 heterocycles. The van der Waals surface area contributed by atoms with Gasteiger partial charge in [0.25, 0.3) is 0 Å². The van der Waals surface area contributed by atoms with Crippen molar-refractivity contribution in [3.8, 4) is 0 Å². The lowest BCUT2D eigenvalue weighted by molar-refractivity contribution is -0.00503. The first-order chi connectivity index (χ1) is 12.1. The molecule has 0 bridgehead atoms. The topological polar surface area (TPSA) is 58.1 Å². The van der Waals surface area contributed by atoms with E-state index in [1.54, 1.807) is 7.11 Å². The van der Waals surface area contributed by atoms with E-state index in [2.05, 4.69) is 36.6 Å². The number of hydrogen-bond donors (Lipinski definition) is 2. The molecule has 2 N–H and O–H groups in total. The largest absolute Gasteiger partial charge is 0.385 e. The quantitative estimate of drug-likeness (QED) is 0.301. The minimum atomic E-state index is 0. The lowest BCUT2D eigenvalue weighted by atomic mass is 9.67. The fourth-order valence-electron chi connectivity index (χ4n) is 3.85. The summed E-state index contributed by atoms with van der Waals surface area (Å²) in [5.41, 5.74) is 0.509. The number of methoxy groups -OCH3 is 1. The van der Waals surface area contributed by atoms with E-state index in [1.165, 1.54) is 19.3 Å². The van der Waals surface area contributed by atoms with Crippen LogP contribution in [0.1, 0.15) is 45.4 Å². The summed E-state index contributed by atoms with van der Waals surface area (Å²) in [5, 5.41) is 7.01. The lowest BCUT2D eigenvalue weighted by Crippen LogP contribution is -2.57. The van der Waals surface area contributed by atoms with E-state index in [1.807, 2.05) is 0 Å². The van der Waals surface area contributed by atoms with Gasteiger partial charge in [0.2, 0.25) is 0 Å². The van der Waals surface area contributed by atoms with Gasteiger partial charge < -0.3 is 25.0 Å². The van der Waals surface area contributed by atoms with Gasteiger partial charge in [-0.3, -0.25) is 4.99 Å². The van der Waals surface area contributed by atoms with E-state index in [4.69, 9.17) is 14.5 Å². The van der Waals surface area contributed by atoms with Gasteiger partial charge in [0.15, 0.2) is 5.96 Å². The van der Waals surface area contributed by atoms with Crippen molar-refractivity contribution in [2.45, 2.75) is 51.0 Å². The number of guanidine groups is 1. The van der Waals surface area contributed by atoms with E-state index < -0.39 is 0 Å². The van der Waals surface area contributed by atoms with Crippen molar-refractivity contribution < 1.29 is 9.47 Å². The van der Waals surface area contributed by atoms with Crippen LogP contribution in [0.5, 0.6) is 0 Å². The molecule has 0 unspecified atom stereocenters. The van der Waals surface area contributed by atoms with Crippen molar-refractivity contribution in [2.75, 3.05) is 60.7 Å². The number of halogens is 1. The smallest absolute Gasteiger partial charge is 0.191 e. The molecule has 0 aromatic heterocycles. The molecule has 26 heavy (non-hydrogen) atoms. The number of hydrogen-bond acceptors (Lipinski definition) is 4. The Morgan fingerprint density at radius 1 is 1.15 bits per heavy atom. The molecule has 1 aliphatic carbocycles. The molecule has 0 aromatic carbocycles. The van der Waals surface area contributed by atoms with Crippen molar-refractivity contribution in [3.63, 3.8) is 0 Å². The monoisotopic (exact) mass is 482 g/mol. The predicted molar refractivity (Wildman–Crippen MR) is 119 cm³/mol. The fraction of sp³-hybridized carbons (Fsp3) is 0.947. The molecule has 1 saturated carbocycles. The molecule has 2 rings (SSSR count). The molecule has 154 valence electrons. The van der Waals surface area contributed by atoms with Gasteiger partial charge in [-0.25, -0.2) is 0 Å². The highest BCUT2D eigenvalue weighted by molar-refractivity contribution is 14.0. The van der Waals surface area contributed by atoms with Gasteiger partial charge in [0, 0.05) is 52.1 Å². The maximum Gasteiger partial charge on any atom is 0.191 e. The molecule has 7 heteroatoms. The van der Waals surface area contributed by atoms with Crippen LogP contribution in [0, 0.1) is 5.41 Å². The highest BCUT2D eigenvalue weighted by Crippen LogP contribution is 2.44. The summed E-state index contributed by atoms with van der Waals surface area (Å²) < 4.78 is 10.9. The molecule has 6 nitrogen and oxygen atoms in total.